The van der Waals surface area contributed by atoms with Gasteiger partial charge in [-0.15, -0.1) is 0 Å². The Hall–Kier alpha value is -2.61. The highest BCUT2D eigenvalue weighted by molar-refractivity contribution is 5.89. The molecule has 27 heavy (non-hydrogen) atoms. The number of benzene rings is 1. The molecular formula is C19H19F3N2O3. The van der Waals surface area contributed by atoms with Gasteiger partial charge in [0.1, 0.15) is 5.56 Å². The van der Waals surface area contributed by atoms with Gasteiger partial charge in [-0.1, -0.05) is 19.1 Å². The average molecular weight is 380 g/mol. The maximum atomic E-state index is 13.4. The molecule has 5 nitrogen and oxygen atoms in total. The van der Waals surface area contributed by atoms with Crippen molar-refractivity contribution in [2.24, 2.45) is 5.92 Å². The van der Waals surface area contributed by atoms with Crippen molar-refractivity contribution in [1.29, 1.82) is 0 Å². The van der Waals surface area contributed by atoms with Gasteiger partial charge in [0.2, 0.25) is 0 Å². The van der Waals surface area contributed by atoms with Crippen molar-refractivity contribution in [2.45, 2.75) is 32.4 Å². The Morgan fingerprint density at radius 2 is 2.11 bits per heavy atom. The van der Waals surface area contributed by atoms with Crippen LogP contribution < -0.4 is 0 Å². The molecule has 1 aliphatic carbocycles. The molecule has 8 heteroatoms. The predicted octanol–water partition coefficient (Wildman–Crippen LogP) is 4.16. The van der Waals surface area contributed by atoms with Crippen molar-refractivity contribution in [3.8, 4) is 5.69 Å². The van der Waals surface area contributed by atoms with Gasteiger partial charge in [0.15, 0.2) is 5.69 Å². The second-order valence-corrected chi connectivity index (χ2v) is 6.76. The molecule has 0 fully saturated rings. The van der Waals surface area contributed by atoms with Gasteiger partial charge >= 0.3 is 12.1 Å². The first-order valence-electron chi connectivity index (χ1n) is 8.53. The minimum atomic E-state index is -4.87. The Labute approximate surface area is 153 Å². The Kier molecular flexibility index (Phi) is 5.10. The molecule has 0 amide bonds. The fourth-order valence-electron chi connectivity index (χ4n) is 3.46. The first-order chi connectivity index (χ1) is 12.7. The van der Waals surface area contributed by atoms with E-state index in [1.807, 2.05) is 0 Å². The zero-order valence-electron chi connectivity index (χ0n) is 14.6. The fraction of sp³-hybridized carbons (Fsp3) is 0.368. The van der Waals surface area contributed by atoms with Crippen LogP contribution in [0.15, 0.2) is 36.0 Å². The highest BCUT2D eigenvalue weighted by Gasteiger charge is 2.40. The van der Waals surface area contributed by atoms with Crippen molar-refractivity contribution in [1.82, 2.24) is 9.78 Å². The summed E-state index contributed by atoms with van der Waals surface area (Å²) in [7, 11) is 0. The second-order valence-electron chi connectivity index (χ2n) is 6.76. The summed E-state index contributed by atoms with van der Waals surface area (Å²) in [4.78, 5) is 11.2. The van der Waals surface area contributed by atoms with Crippen molar-refractivity contribution in [3.63, 3.8) is 0 Å². The van der Waals surface area contributed by atoms with Crippen molar-refractivity contribution >= 4 is 11.5 Å². The van der Waals surface area contributed by atoms with Crippen LogP contribution >= 0.6 is 0 Å². The van der Waals surface area contributed by atoms with E-state index in [4.69, 9.17) is 5.11 Å². The van der Waals surface area contributed by atoms with E-state index >= 15 is 0 Å². The molecule has 0 saturated heterocycles. The summed E-state index contributed by atoms with van der Waals surface area (Å²) < 4.78 is 40.9. The van der Waals surface area contributed by atoms with Crippen molar-refractivity contribution in [2.75, 3.05) is 6.61 Å². The predicted molar refractivity (Wildman–Crippen MR) is 92.5 cm³/mol. The van der Waals surface area contributed by atoms with Crippen molar-refractivity contribution in [3.05, 3.63) is 52.9 Å². The average Bonchev–Trinajstić information content (AvgIpc) is 3.08. The van der Waals surface area contributed by atoms with Gasteiger partial charge in [-0.2, -0.15) is 18.3 Å². The second kappa shape index (κ2) is 7.19. The number of aliphatic hydroxyl groups excluding tert-OH is 1. The largest absolute Gasteiger partial charge is 0.478 e. The molecular weight excluding hydrogens is 361 g/mol. The molecule has 2 N–H and O–H groups in total. The normalized spacial score (nSPS) is 18.0. The summed E-state index contributed by atoms with van der Waals surface area (Å²) in [6.07, 6.45) is -1.73. The molecule has 0 aliphatic heterocycles. The molecule has 3 rings (SSSR count). The zero-order chi connectivity index (χ0) is 19.8. The van der Waals surface area contributed by atoms with Crippen LogP contribution in [0, 0.1) is 5.92 Å². The molecule has 0 bridgehead atoms. The Morgan fingerprint density at radius 3 is 2.74 bits per heavy atom. The third-order valence-corrected chi connectivity index (χ3v) is 4.82. The fourth-order valence-corrected chi connectivity index (χ4v) is 3.46. The number of aromatic nitrogens is 2. The third kappa shape index (κ3) is 3.75. The van der Waals surface area contributed by atoms with Crippen LogP contribution in [-0.2, 0) is 6.18 Å². The van der Waals surface area contributed by atoms with Crippen LogP contribution in [0.4, 0.5) is 13.2 Å². The number of rotatable bonds is 4. The molecule has 0 spiro atoms. The lowest BCUT2D eigenvalue weighted by Crippen LogP contribution is -2.17. The number of hydrogen-bond acceptors (Lipinski definition) is 3. The number of allylic oxidation sites excluding steroid dienone is 1. The molecule has 0 saturated carbocycles. The van der Waals surface area contributed by atoms with Crippen LogP contribution in [0.2, 0.25) is 0 Å². The van der Waals surface area contributed by atoms with Crippen LogP contribution in [-0.4, -0.2) is 32.6 Å². The summed E-state index contributed by atoms with van der Waals surface area (Å²) >= 11 is 0. The Bertz CT molecular complexity index is 900. The van der Waals surface area contributed by atoms with Gasteiger partial charge < -0.3 is 10.2 Å². The number of aliphatic hydroxyl groups is 1. The summed E-state index contributed by atoms with van der Waals surface area (Å²) in [5.74, 6) is -1.27. The first-order valence-corrected chi connectivity index (χ1v) is 8.53. The highest BCUT2D eigenvalue weighted by Crippen LogP contribution is 2.37. The first kappa shape index (κ1) is 19.2. The number of aromatic carboxylic acids is 1. The van der Waals surface area contributed by atoms with E-state index in [1.54, 1.807) is 18.2 Å². The van der Waals surface area contributed by atoms with E-state index in [9.17, 15) is 23.1 Å². The zero-order valence-corrected chi connectivity index (χ0v) is 14.6. The monoisotopic (exact) mass is 380 g/mol. The van der Waals surface area contributed by atoms with E-state index in [1.165, 1.54) is 6.07 Å². The van der Waals surface area contributed by atoms with Gasteiger partial charge in [-0.25, -0.2) is 9.48 Å². The number of hydrogen-bond donors (Lipinski definition) is 2. The van der Waals surface area contributed by atoms with Gasteiger partial charge in [0, 0.05) is 0 Å². The number of nitrogens with zero attached hydrogens (tertiary/aromatic N) is 2. The number of carboxylic acids is 1. The molecule has 1 aromatic heterocycles. The maximum absolute atomic E-state index is 13.4. The van der Waals surface area contributed by atoms with E-state index in [0.717, 1.165) is 30.4 Å². The summed E-state index contributed by atoms with van der Waals surface area (Å²) in [6, 6.07) is 6.38. The lowest BCUT2D eigenvalue weighted by molar-refractivity contribution is -0.143. The van der Waals surface area contributed by atoms with Crippen LogP contribution in [0.1, 0.15) is 47.8 Å². The highest BCUT2D eigenvalue weighted by atomic mass is 19.4. The molecule has 1 unspecified atom stereocenters. The van der Waals surface area contributed by atoms with Crippen LogP contribution in [0.3, 0.4) is 0 Å². The van der Waals surface area contributed by atoms with E-state index < -0.39 is 23.4 Å². The number of carboxylic acid groups (broad SMARTS) is 1. The van der Waals surface area contributed by atoms with Crippen molar-refractivity contribution < 1.29 is 28.2 Å². The number of alkyl halides is 3. The van der Waals surface area contributed by atoms with Gasteiger partial charge in [-0.05, 0) is 54.0 Å². The maximum Gasteiger partial charge on any atom is 0.434 e. The van der Waals surface area contributed by atoms with E-state index in [0.29, 0.717) is 22.4 Å². The molecule has 1 aromatic carbocycles. The Balaban J connectivity index is 2.12. The topological polar surface area (TPSA) is 75.3 Å². The van der Waals surface area contributed by atoms with Gasteiger partial charge in [0.25, 0.3) is 0 Å². The number of halogens is 3. The molecule has 1 atom stereocenters. The summed E-state index contributed by atoms with van der Waals surface area (Å²) in [5, 5.41) is 22.3. The standard InChI is InChI=1S/C19H19F3N2O3/c1-11-5-6-13(10-25)15(7-11)12-3-2-4-14(8-12)24-17(19(20,21)22)16(9-23-24)18(26)27/h2-4,8-9,11,25H,5-7,10H2,1H3,(H,26,27). The van der Waals surface area contributed by atoms with Gasteiger partial charge in [0.05, 0.1) is 18.5 Å². The molecule has 1 aliphatic rings. The lowest BCUT2D eigenvalue weighted by Gasteiger charge is -2.25. The molecule has 1 heterocycles. The van der Waals surface area contributed by atoms with E-state index in [2.05, 4.69) is 12.0 Å². The summed E-state index contributed by atoms with van der Waals surface area (Å²) in [6.45, 7) is 2.00. The number of carbonyl (C=O) groups is 1. The quantitative estimate of drug-likeness (QED) is 0.835. The smallest absolute Gasteiger partial charge is 0.434 e. The van der Waals surface area contributed by atoms with Crippen LogP contribution in [0.5, 0.6) is 0 Å². The summed E-state index contributed by atoms with van der Waals surface area (Å²) in [5.41, 5.74) is 0.430. The van der Waals surface area contributed by atoms with E-state index in [-0.39, 0.29) is 12.3 Å². The van der Waals surface area contributed by atoms with Gasteiger partial charge in [-0.3, -0.25) is 0 Å². The SMILES string of the molecule is CC1CCC(CO)=C(c2cccc(-n3ncc(C(=O)O)c3C(F)(F)F)c2)C1. The minimum Gasteiger partial charge on any atom is -0.478 e. The lowest BCUT2D eigenvalue weighted by atomic mass is 9.82. The Morgan fingerprint density at radius 1 is 1.37 bits per heavy atom. The minimum absolute atomic E-state index is 0.0922. The molecule has 144 valence electrons. The molecule has 2 aromatic rings. The van der Waals surface area contributed by atoms with Crippen LogP contribution in [0.25, 0.3) is 11.3 Å². The molecule has 0 radical (unpaired) electrons. The third-order valence-electron chi connectivity index (χ3n) is 4.82.